The van der Waals surface area contributed by atoms with Gasteiger partial charge in [0.1, 0.15) is 17.3 Å². The molecule has 0 aliphatic heterocycles. The van der Waals surface area contributed by atoms with E-state index in [4.69, 9.17) is 10.2 Å². The fraction of sp³-hybridized carbons (Fsp3) is 0.333. The number of H-pyrrole nitrogens is 1. The number of carbonyl (C=O) groups excluding carboxylic acids is 2. The summed E-state index contributed by atoms with van der Waals surface area (Å²) in [6.07, 6.45) is 0.823. The van der Waals surface area contributed by atoms with Gasteiger partial charge < -0.3 is 30.9 Å². The number of aliphatic carboxylic acids is 2. The predicted octanol–water partition coefficient (Wildman–Crippen LogP) is -0.470. The van der Waals surface area contributed by atoms with Crippen molar-refractivity contribution < 1.29 is 34.5 Å². The van der Waals surface area contributed by atoms with E-state index in [-0.39, 0.29) is 6.42 Å². The summed E-state index contributed by atoms with van der Waals surface area (Å²) in [5.74, 6) is -4.49. The largest absolute Gasteiger partial charge is 0.481 e. The molecule has 0 bridgehead atoms. The first-order valence-corrected chi connectivity index (χ1v) is 9.13. The highest BCUT2D eigenvalue weighted by atomic mass is 32.1. The lowest BCUT2D eigenvalue weighted by atomic mass is 10.0. The van der Waals surface area contributed by atoms with Crippen LogP contribution in [0.25, 0.3) is 10.9 Å². The highest BCUT2D eigenvalue weighted by molar-refractivity contribution is 7.81. The highest BCUT2D eigenvalue weighted by Gasteiger charge is 2.30. The number of carbonyl (C=O) groups is 4. The average molecular weight is 423 g/mol. The van der Waals surface area contributed by atoms with E-state index in [0.717, 1.165) is 10.9 Å². The van der Waals surface area contributed by atoms with Gasteiger partial charge in [-0.1, -0.05) is 18.2 Å². The van der Waals surface area contributed by atoms with Crippen LogP contribution in [0.15, 0.2) is 30.5 Å². The number of carboxylic acids is 2. The van der Waals surface area contributed by atoms with Crippen molar-refractivity contribution >= 4 is 47.3 Å². The average Bonchev–Trinajstić information content (AvgIpc) is 3.08. The Bertz CT molecular complexity index is 914. The maximum atomic E-state index is 12.5. The molecule has 0 aliphatic rings. The number of amides is 2. The number of aromatic amines is 1. The van der Waals surface area contributed by atoms with Crippen molar-refractivity contribution in [2.24, 2.45) is 0 Å². The first-order valence-electron chi connectivity index (χ1n) is 8.62. The summed E-state index contributed by atoms with van der Waals surface area (Å²) in [5.41, 5.74) is 1.46. The number of rotatable bonds is 10. The quantitative estimate of drug-likeness (QED) is 0.253. The van der Waals surface area contributed by atoms with E-state index in [0.29, 0.717) is 5.56 Å². The number of carboxylic acid groups (broad SMARTS) is 2. The third-order valence-electron chi connectivity index (χ3n) is 4.20. The van der Waals surface area contributed by atoms with E-state index in [1.165, 1.54) is 0 Å². The lowest BCUT2D eigenvalue weighted by Crippen LogP contribution is -2.54. The predicted molar refractivity (Wildman–Crippen MR) is 106 cm³/mol. The third-order valence-corrected chi connectivity index (χ3v) is 4.60. The zero-order chi connectivity index (χ0) is 21.6. The number of para-hydroxylation sites is 1. The van der Waals surface area contributed by atoms with Crippen molar-refractivity contribution in [1.29, 1.82) is 0 Å². The van der Waals surface area contributed by atoms with Gasteiger partial charge in [0.2, 0.25) is 11.8 Å². The second-order valence-corrected chi connectivity index (χ2v) is 6.94. The summed E-state index contributed by atoms with van der Waals surface area (Å²) in [6, 6.07) is 4.36. The van der Waals surface area contributed by atoms with Crippen LogP contribution in [0.3, 0.4) is 0 Å². The van der Waals surface area contributed by atoms with Crippen molar-refractivity contribution in [1.82, 2.24) is 15.6 Å². The molecule has 2 rings (SSSR count). The number of nitrogens with one attached hydrogen (secondary N) is 3. The number of aliphatic hydroxyl groups excluding tert-OH is 1. The normalized spacial score (nSPS) is 14.0. The molecular weight excluding hydrogens is 402 g/mol. The van der Waals surface area contributed by atoms with Crippen LogP contribution in [-0.2, 0) is 25.6 Å². The molecule has 6 N–H and O–H groups in total. The molecule has 29 heavy (non-hydrogen) atoms. The maximum absolute atomic E-state index is 12.5. The molecule has 2 aromatic rings. The molecule has 1 aromatic carbocycles. The van der Waals surface area contributed by atoms with E-state index in [1.807, 2.05) is 12.1 Å². The highest BCUT2D eigenvalue weighted by Crippen LogP contribution is 2.19. The summed E-state index contributed by atoms with van der Waals surface area (Å²) < 4.78 is 0. The Balaban J connectivity index is 2.15. The van der Waals surface area contributed by atoms with Gasteiger partial charge in [0.15, 0.2) is 0 Å². The standard InChI is InChI=1S/C18H21N3O7S/c22-8-14(29)17(26)20-12(6-15(23)24)16(25)21-13(18(27)28)5-9-7-19-11-4-2-1-3-10(9)11/h1-4,7,12-14,19,22,29H,5-6,8H2,(H,20,26)(H,21,25)(H,23,24)(H,27,28)/t12?,13-,14?/m0/s1. The Morgan fingerprint density at radius 1 is 1.03 bits per heavy atom. The molecule has 0 spiro atoms. The zero-order valence-electron chi connectivity index (χ0n) is 15.2. The number of aliphatic hydroxyl groups is 1. The van der Waals surface area contributed by atoms with Gasteiger partial charge >= 0.3 is 11.9 Å². The van der Waals surface area contributed by atoms with E-state index < -0.39 is 54.1 Å². The summed E-state index contributed by atoms with van der Waals surface area (Å²) >= 11 is 3.82. The minimum atomic E-state index is -1.52. The number of hydrogen-bond acceptors (Lipinski definition) is 6. The maximum Gasteiger partial charge on any atom is 0.326 e. The van der Waals surface area contributed by atoms with E-state index >= 15 is 0 Å². The summed E-state index contributed by atoms with van der Waals surface area (Å²) in [7, 11) is 0. The lowest BCUT2D eigenvalue weighted by molar-refractivity contribution is -0.143. The van der Waals surface area contributed by atoms with Crippen molar-refractivity contribution in [2.45, 2.75) is 30.2 Å². The summed E-state index contributed by atoms with van der Waals surface area (Å²) in [4.78, 5) is 50.0. The van der Waals surface area contributed by atoms with Gasteiger partial charge in [-0.2, -0.15) is 12.6 Å². The van der Waals surface area contributed by atoms with Crippen molar-refractivity contribution in [2.75, 3.05) is 6.61 Å². The van der Waals surface area contributed by atoms with Crippen LogP contribution in [0.5, 0.6) is 0 Å². The molecule has 2 unspecified atom stereocenters. The van der Waals surface area contributed by atoms with E-state index in [1.54, 1.807) is 18.3 Å². The van der Waals surface area contributed by atoms with Gasteiger partial charge in [0, 0.05) is 23.5 Å². The Morgan fingerprint density at radius 2 is 1.69 bits per heavy atom. The van der Waals surface area contributed by atoms with E-state index in [9.17, 15) is 24.3 Å². The molecule has 0 saturated heterocycles. The molecule has 11 heteroatoms. The molecule has 2 amide bonds. The van der Waals surface area contributed by atoms with Crippen molar-refractivity contribution in [3.05, 3.63) is 36.0 Å². The van der Waals surface area contributed by atoms with Gasteiger partial charge in [0.05, 0.1) is 13.0 Å². The van der Waals surface area contributed by atoms with Crippen LogP contribution in [-0.4, -0.2) is 68.0 Å². The Hall–Kier alpha value is -3.05. The SMILES string of the molecule is O=C(O)CC(NC(=O)C(S)CO)C(=O)N[C@@H](Cc1c[nH]c2ccccc12)C(=O)O. The molecule has 0 saturated carbocycles. The van der Waals surface area contributed by atoms with E-state index in [2.05, 4.69) is 28.2 Å². The van der Waals surface area contributed by atoms with Gasteiger partial charge in [0.25, 0.3) is 0 Å². The first kappa shape index (κ1) is 22.2. The summed E-state index contributed by atoms with van der Waals surface area (Å²) in [6.45, 7) is -0.616. The molecule has 0 fully saturated rings. The molecule has 0 aliphatic carbocycles. The zero-order valence-corrected chi connectivity index (χ0v) is 16.1. The fourth-order valence-corrected chi connectivity index (χ4v) is 2.80. The Labute approximate surface area is 170 Å². The minimum absolute atomic E-state index is 0.0509. The topological polar surface area (TPSA) is 169 Å². The molecule has 0 radical (unpaired) electrons. The monoisotopic (exact) mass is 423 g/mol. The molecule has 1 aromatic heterocycles. The molecule has 10 nitrogen and oxygen atoms in total. The van der Waals surface area contributed by atoms with Crippen LogP contribution in [0, 0.1) is 0 Å². The van der Waals surface area contributed by atoms with Gasteiger partial charge in [-0.05, 0) is 11.6 Å². The van der Waals surface area contributed by atoms with Crippen LogP contribution >= 0.6 is 12.6 Å². The number of thiol groups is 1. The first-order chi connectivity index (χ1) is 13.7. The second kappa shape index (κ2) is 9.94. The van der Waals surface area contributed by atoms with Gasteiger partial charge in [-0.3, -0.25) is 14.4 Å². The molecular formula is C18H21N3O7S. The second-order valence-electron chi connectivity index (χ2n) is 6.32. The van der Waals surface area contributed by atoms with Crippen LogP contribution in [0.2, 0.25) is 0 Å². The van der Waals surface area contributed by atoms with Crippen molar-refractivity contribution in [3.8, 4) is 0 Å². The van der Waals surface area contributed by atoms with Gasteiger partial charge in [-0.25, -0.2) is 4.79 Å². The molecule has 156 valence electrons. The fourth-order valence-electron chi connectivity index (χ4n) is 2.73. The smallest absolute Gasteiger partial charge is 0.326 e. The Kier molecular flexibility index (Phi) is 7.62. The number of benzene rings is 1. The minimum Gasteiger partial charge on any atom is -0.481 e. The number of aromatic nitrogens is 1. The molecule has 3 atom stereocenters. The lowest BCUT2D eigenvalue weighted by Gasteiger charge is -2.21. The Morgan fingerprint density at radius 3 is 2.31 bits per heavy atom. The van der Waals surface area contributed by atoms with Crippen molar-refractivity contribution in [3.63, 3.8) is 0 Å². The van der Waals surface area contributed by atoms with Gasteiger partial charge in [-0.15, -0.1) is 0 Å². The van der Waals surface area contributed by atoms with Crippen LogP contribution in [0.1, 0.15) is 12.0 Å². The number of fused-ring (bicyclic) bond motifs is 1. The number of hydrogen-bond donors (Lipinski definition) is 7. The molecule has 1 heterocycles. The van der Waals surface area contributed by atoms with Crippen LogP contribution in [0.4, 0.5) is 0 Å². The van der Waals surface area contributed by atoms with Crippen LogP contribution < -0.4 is 10.6 Å². The summed E-state index contributed by atoms with van der Waals surface area (Å²) in [5, 5.41) is 31.5. The third kappa shape index (κ3) is 5.96.